The standard InChI is InChI=1S/C15H22N4O2/c1-6-11-17-10(4)13(21-11)15(20)18-12(9(2)3)14-16-7-8-19(14)5/h7-9,12H,6H2,1-5H3,(H,18,20). The number of amides is 1. The van der Waals surface area contributed by atoms with E-state index in [9.17, 15) is 4.79 Å². The highest BCUT2D eigenvalue weighted by Crippen LogP contribution is 2.21. The average Bonchev–Trinajstić information content (AvgIpc) is 3.01. The summed E-state index contributed by atoms with van der Waals surface area (Å²) < 4.78 is 7.42. The lowest BCUT2D eigenvalue weighted by Gasteiger charge is -2.21. The smallest absolute Gasteiger partial charge is 0.289 e. The molecular formula is C15H22N4O2. The van der Waals surface area contributed by atoms with Crippen molar-refractivity contribution in [3.8, 4) is 0 Å². The molecule has 2 rings (SSSR count). The summed E-state index contributed by atoms with van der Waals surface area (Å²) in [5.74, 6) is 1.65. The van der Waals surface area contributed by atoms with Gasteiger partial charge in [0, 0.05) is 25.9 Å². The molecule has 0 spiro atoms. The van der Waals surface area contributed by atoms with Gasteiger partial charge in [-0.3, -0.25) is 4.79 Å². The van der Waals surface area contributed by atoms with Crippen LogP contribution in [0.25, 0.3) is 0 Å². The minimum absolute atomic E-state index is 0.174. The molecule has 2 aromatic heterocycles. The fourth-order valence-electron chi connectivity index (χ4n) is 2.23. The monoisotopic (exact) mass is 290 g/mol. The summed E-state index contributed by atoms with van der Waals surface area (Å²) in [4.78, 5) is 21.0. The van der Waals surface area contributed by atoms with Crippen LogP contribution in [0.4, 0.5) is 0 Å². The number of rotatable bonds is 5. The third-order valence-electron chi connectivity index (χ3n) is 3.44. The Bertz CT molecular complexity index is 627. The number of imidazole rings is 1. The second-order valence-corrected chi connectivity index (χ2v) is 5.47. The number of aromatic nitrogens is 3. The highest BCUT2D eigenvalue weighted by molar-refractivity contribution is 5.92. The first kappa shape index (κ1) is 15.3. The Hall–Kier alpha value is -2.11. The van der Waals surface area contributed by atoms with E-state index in [1.54, 1.807) is 13.1 Å². The highest BCUT2D eigenvalue weighted by Gasteiger charge is 2.25. The third-order valence-corrected chi connectivity index (χ3v) is 3.44. The molecule has 0 aliphatic rings. The number of hydrogen-bond donors (Lipinski definition) is 1. The molecular weight excluding hydrogens is 268 g/mol. The van der Waals surface area contributed by atoms with Crippen molar-refractivity contribution in [2.24, 2.45) is 13.0 Å². The highest BCUT2D eigenvalue weighted by atomic mass is 16.4. The minimum atomic E-state index is -0.249. The van der Waals surface area contributed by atoms with Gasteiger partial charge in [0.25, 0.3) is 5.91 Å². The lowest BCUT2D eigenvalue weighted by Crippen LogP contribution is -2.33. The van der Waals surface area contributed by atoms with Crippen LogP contribution in [0.15, 0.2) is 16.8 Å². The first-order valence-corrected chi connectivity index (χ1v) is 7.18. The third kappa shape index (κ3) is 3.15. The summed E-state index contributed by atoms with van der Waals surface area (Å²) in [5.41, 5.74) is 0.617. The Morgan fingerprint density at radius 3 is 2.67 bits per heavy atom. The fraction of sp³-hybridized carbons (Fsp3) is 0.533. The largest absolute Gasteiger partial charge is 0.435 e. The molecule has 1 unspecified atom stereocenters. The number of aryl methyl sites for hydroxylation is 3. The number of nitrogens with zero attached hydrogens (tertiary/aromatic N) is 3. The van der Waals surface area contributed by atoms with E-state index in [2.05, 4.69) is 15.3 Å². The van der Waals surface area contributed by atoms with Crippen molar-refractivity contribution in [1.29, 1.82) is 0 Å². The van der Waals surface area contributed by atoms with Gasteiger partial charge in [0.15, 0.2) is 5.89 Å². The van der Waals surface area contributed by atoms with Gasteiger partial charge >= 0.3 is 0 Å². The van der Waals surface area contributed by atoms with Crippen molar-refractivity contribution in [1.82, 2.24) is 19.9 Å². The van der Waals surface area contributed by atoms with Crippen LogP contribution in [-0.2, 0) is 13.5 Å². The normalized spacial score (nSPS) is 12.7. The quantitative estimate of drug-likeness (QED) is 0.917. The Kier molecular flexibility index (Phi) is 4.45. The molecule has 0 aliphatic carbocycles. The van der Waals surface area contributed by atoms with Gasteiger partial charge in [-0.05, 0) is 12.8 Å². The van der Waals surface area contributed by atoms with Gasteiger partial charge in [-0.2, -0.15) is 0 Å². The summed E-state index contributed by atoms with van der Waals surface area (Å²) >= 11 is 0. The molecule has 0 saturated heterocycles. The molecule has 2 heterocycles. The molecule has 1 amide bonds. The average molecular weight is 290 g/mol. The van der Waals surface area contributed by atoms with Crippen LogP contribution in [0.1, 0.15) is 54.8 Å². The van der Waals surface area contributed by atoms with E-state index in [-0.39, 0.29) is 23.6 Å². The first-order valence-electron chi connectivity index (χ1n) is 7.18. The van der Waals surface area contributed by atoms with E-state index >= 15 is 0 Å². The van der Waals surface area contributed by atoms with Crippen molar-refractivity contribution in [2.45, 2.75) is 40.2 Å². The predicted octanol–water partition coefficient (Wildman–Crippen LogP) is 2.41. The molecule has 0 bridgehead atoms. The molecule has 6 nitrogen and oxygen atoms in total. The number of carbonyl (C=O) groups is 1. The van der Waals surface area contributed by atoms with Gasteiger partial charge in [0.05, 0.1) is 11.7 Å². The molecule has 2 aromatic rings. The molecule has 0 radical (unpaired) electrons. The van der Waals surface area contributed by atoms with Crippen LogP contribution >= 0.6 is 0 Å². The second kappa shape index (κ2) is 6.11. The Labute approximate surface area is 124 Å². The topological polar surface area (TPSA) is 73.0 Å². The van der Waals surface area contributed by atoms with Gasteiger partial charge in [-0.25, -0.2) is 9.97 Å². The fourth-order valence-corrected chi connectivity index (χ4v) is 2.23. The second-order valence-electron chi connectivity index (χ2n) is 5.47. The van der Waals surface area contributed by atoms with E-state index in [1.165, 1.54) is 0 Å². The molecule has 21 heavy (non-hydrogen) atoms. The van der Waals surface area contributed by atoms with Gasteiger partial charge in [-0.1, -0.05) is 20.8 Å². The molecule has 0 aliphatic heterocycles. The maximum absolute atomic E-state index is 12.4. The predicted molar refractivity (Wildman–Crippen MR) is 78.9 cm³/mol. The van der Waals surface area contributed by atoms with E-state index in [1.807, 2.05) is 38.6 Å². The Morgan fingerprint density at radius 2 is 2.19 bits per heavy atom. The lowest BCUT2D eigenvalue weighted by molar-refractivity contribution is 0.0891. The number of carbonyl (C=O) groups excluding carboxylic acids is 1. The summed E-state index contributed by atoms with van der Waals surface area (Å²) in [5, 5.41) is 3.00. The lowest BCUT2D eigenvalue weighted by atomic mass is 10.0. The minimum Gasteiger partial charge on any atom is -0.435 e. The van der Waals surface area contributed by atoms with E-state index in [0.29, 0.717) is 18.0 Å². The summed E-state index contributed by atoms with van der Waals surface area (Å²) in [6.07, 6.45) is 4.26. The molecule has 0 aromatic carbocycles. The number of oxazole rings is 1. The summed E-state index contributed by atoms with van der Waals surface area (Å²) in [6.45, 7) is 7.81. The zero-order valence-electron chi connectivity index (χ0n) is 13.2. The maximum Gasteiger partial charge on any atom is 0.289 e. The van der Waals surface area contributed by atoms with Crippen molar-refractivity contribution < 1.29 is 9.21 Å². The zero-order chi connectivity index (χ0) is 15.6. The van der Waals surface area contributed by atoms with E-state index in [0.717, 1.165) is 5.82 Å². The van der Waals surface area contributed by atoms with E-state index in [4.69, 9.17) is 4.42 Å². The molecule has 1 N–H and O–H groups in total. The van der Waals surface area contributed by atoms with Crippen molar-refractivity contribution in [3.63, 3.8) is 0 Å². The van der Waals surface area contributed by atoms with Gasteiger partial charge in [0.1, 0.15) is 5.82 Å². The number of nitrogens with one attached hydrogen (secondary N) is 1. The molecule has 114 valence electrons. The van der Waals surface area contributed by atoms with Crippen LogP contribution in [0.5, 0.6) is 0 Å². The van der Waals surface area contributed by atoms with Crippen LogP contribution in [0.2, 0.25) is 0 Å². The van der Waals surface area contributed by atoms with Gasteiger partial charge in [-0.15, -0.1) is 0 Å². The first-order chi connectivity index (χ1) is 9.93. The van der Waals surface area contributed by atoms with Crippen LogP contribution in [-0.4, -0.2) is 20.4 Å². The molecule has 6 heteroatoms. The van der Waals surface area contributed by atoms with Crippen molar-refractivity contribution in [2.75, 3.05) is 0 Å². The number of hydrogen-bond acceptors (Lipinski definition) is 4. The molecule has 0 saturated carbocycles. The summed E-state index contributed by atoms with van der Waals surface area (Å²) in [6, 6.07) is -0.174. The zero-order valence-corrected chi connectivity index (χ0v) is 13.2. The summed E-state index contributed by atoms with van der Waals surface area (Å²) in [7, 11) is 1.92. The van der Waals surface area contributed by atoms with Crippen LogP contribution in [0, 0.1) is 12.8 Å². The SMILES string of the molecule is CCc1nc(C)c(C(=O)NC(c2nccn2C)C(C)C)o1. The van der Waals surface area contributed by atoms with Gasteiger partial charge < -0.3 is 14.3 Å². The van der Waals surface area contributed by atoms with Crippen molar-refractivity contribution >= 4 is 5.91 Å². The van der Waals surface area contributed by atoms with Crippen LogP contribution in [0.3, 0.4) is 0 Å². The van der Waals surface area contributed by atoms with Crippen molar-refractivity contribution in [3.05, 3.63) is 35.6 Å². The Morgan fingerprint density at radius 1 is 1.48 bits per heavy atom. The van der Waals surface area contributed by atoms with Gasteiger partial charge in [0.2, 0.25) is 5.76 Å². The maximum atomic E-state index is 12.4. The Balaban J connectivity index is 2.23. The molecule has 0 fully saturated rings. The molecule has 1 atom stereocenters. The van der Waals surface area contributed by atoms with E-state index < -0.39 is 0 Å². The van der Waals surface area contributed by atoms with Crippen LogP contribution < -0.4 is 5.32 Å².